The van der Waals surface area contributed by atoms with Crippen LogP contribution in [0, 0.1) is 11.3 Å². The number of likely N-dealkylation sites (N-methyl/N-ethyl adjacent to an activating group) is 1. The van der Waals surface area contributed by atoms with Crippen LogP contribution in [-0.4, -0.2) is 71.4 Å². The molecule has 0 saturated carbocycles. The largest absolute Gasteiger partial charge is 0.383 e. The summed E-state index contributed by atoms with van der Waals surface area (Å²) < 4.78 is 34.1. The molecule has 9 heteroatoms. The van der Waals surface area contributed by atoms with Crippen molar-refractivity contribution in [1.29, 1.82) is 5.26 Å². The highest BCUT2D eigenvalue weighted by Crippen LogP contribution is 2.29. The Morgan fingerprint density at radius 1 is 1.06 bits per heavy atom. The number of methoxy groups -OCH3 is 1. The number of hydrogen-bond acceptors (Lipinski definition) is 6. The van der Waals surface area contributed by atoms with Crippen molar-refractivity contribution < 1.29 is 13.2 Å². The molecule has 1 saturated heterocycles. The van der Waals surface area contributed by atoms with Crippen molar-refractivity contribution in [3.8, 4) is 17.3 Å². The Kier molecular flexibility index (Phi) is 7.57. The maximum Gasteiger partial charge on any atom is 0.250 e. The molecular formula is C26H31N5O3S. The van der Waals surface area contributed by atoms with E-state index in [1.807, 2.05) is 23.7 Å². The first kappa shape index (κ1) is 24.9. The van der Waals surface area contributed by atoms with Crippen LogP contribution in [0.5, 0.6) is 0 Å². The van der Waals surface area contributed by atoms with Crippen molar-refractivity contribution in [2.75, 3.05) is 58.4 Å². The first-order valence-electron chi connectivity index (χ1n) is 11.6. The molecule has 0 amide bonds. The van der Waals surface area contributed by atoms with Gasteiger partial charge >= 0.3 is 0 Å². The summed E-state index contributed by atoms with van der Waals surface area (Å²) in [7, 11) is 1.60. The Bertz CT molecular complexity index is 1380. The zero-order valence-electron chi connectivity index (χ0n) is 20.4. The van der Waals surface area contributed by atoms with Crippen molar-refractivity contribution in [2.24, 2.45) is 7.05 Å². The summed E-state index contributed by atoms with van der Waals surface area (Å²) in [5, 5.41) is 11.8. The number of piperazine rings is 1. The molecule has 1 fully saturated rings. The lowest BCUT2D eigenvalue weighted by atomic mass is 10.0. The molecule has 35 heavy (non-hydrogen) atoms. The van der Waals surface area contributed by atoms with E-state index >= 15 is 0 Å². The minimum absolute atomic E-state index is 0.101. The van der Waals surface area contributed by atoms with Crippen LogP contribution in [0.1, 0.15) is 5.69 Å². The van der Waals surface area contributed by atoms with Crippen molar-refractivity contribution in [2.45, 2.75) is 0 Å². The highest BCUT2D eigenvalue weighted by Gasteiger charge is 2.18. The van der Waals surface area contributed by atoms with Gasteiger partial charge in [0.15, 0.2) is 4.91 Å². The Morgan fingerprint density at radius 3 is 2.49 bits per heavy atom. The molecule has 3 aromatic rings. The smallest absolute Gasteiger partial charge is 0.250 e. The second-order valence-electron chi connectivity index (χ2n) is 8.75. The van der Waals surface area contributed by atoms with E-state index in [2.05, 4.69) is 58.0 Å². The van der Waals surface area contributed by atoms with Crippen LogP contribution in [0.2, 0.25) is 0 Å². The number of nitrogens with one attached hydrogen (secondary N) is 1. The number of fused-ring (bicyclic) bond motifs is 1. The third kappa shape index (κ3) is 5.57. The normalized spacial score (nSPS) is 15.5. The maximum absolute atomic E-state index is 12.5. The Balaban J connectivity index is 1.59. The van der Waals surface area contributed by atoms with E-state index in [1.165, 1.54) is 24.3 Å². The summed E-state index contributed by atoms with van der Waals surface area (Å²) in [6.07, 6.45) is 1.39. The molecule has 0 aliphatic carbocycles. The van der Waals surface area contributed by atoms with E-state index in [-0.39, 0.29) is 18.1 Å². The predicted molar refractivity (Wildman–Crippen MR) is 140 cm³/mol. The number of ether oxygens (including phenoxy) is 1. The number of benzene rings is 2. The van der Waals surface area contributed by atoms with Crippen LogP contribution in [-0.2, 0) is 21.8 Å². The van der Waals surface area contributed by atoms with Gasteiger partial charge in [0.25, 0.3) is 10.0 Å². The molecule has 1 aromatic heterocycles. The van der Waals surface area contributed by atoms with Crippen molar-refractivity contribution >= 4 is 32.6 Å². The van der Waals surface area contributed by atoms with Gasteiger partial charge in [0.2, 0.25) is 0 Å². The van der Waals surface area contributed by atoms with Crippen LogP contribution in [0.25, 0.3) is 28.1 Å². The van der Waals surface area contributed by atoms with E-state index < -0.39 is 10.0 Å². The molecule has 1 N–H and O–H groups in total. The summed E-state index contributed by atoms with van der Waals surface area (Å²) in [4.78, 5) is 4.44. The lowest BCUT2D eigenvalue weighted by Gasteiger charge is -2.34. The molecule has 8 nitrogen and oxygen atoms in total. The Morgan fingerprint density at radius 2 is 1.77 bits per heavy atom. The molecule has 0 unspecified atom stereocenters. The average Bonchev–Trinajstić information content (AvgIpc) is 3.22. The molecule has 1 aliphatic heterocycles. The number of allylic oxidation sites excluding steroid dienone is 1. The van der Waals surface area contributed by atoms with E-state index in [0.29, 0.717) is 5.69 Å². The van der Waals surface area contributed by atoms with Gasteiger partial charge in [-0.05, 0) is 59.8 Å². The van der Waals surface area contributed by atoms with Gasteiger partial charge in [0.05, 0.1) is 6.61 Å². The maximum atomic E-state index is 12.5. The molecule has 2 heterocycles. The zero-order chi connectivity index (χ0) is 25.0. The van der Waals surface area contributed by atoms with Crippen molar-refractivity contribution in [3.05, 3.63) is 59.1 Å². The van der Waals surface area contributed by atoms with Crippen LogP contribution >= 0.6 is 0 Å². The topological polar surface area (TPSA) is 90.6 Å². The average molecular weight is 494 g/mol. The summed E-state index contributed by atoms with van der Waals surface area (Å²) in [5.41, 5.74) is 3.82. The lowest BCUT2D eigenvalue weighted by molar-refractivity contribution is 0.204. The Labute approximate surface area is 207 Å². The highest BCUT2D eigenvalue weighted by molar-refractivity contribution is 7.93. The van der Waals surface area contributed by atoms with Gasteiger partial charge in [-0.15, -0.1) is 0 Å². The highest BCUT2D eigenvalue weighted by atomic mass is 32.2. The first-order chi connectivity index (χ1) is 16.8. The fourth-order valence-electron chi connectivity index (χ4n) is 4.28. The van der Waals surface area contributed by atoms with E-state index in [4.69, 9.17) is 4.74 Å². The second-order valence-corrected chi connectivity index (χ2v) is 10.5. The number of nitriles is 1. The monoisotopic (exact) mass is 493 g/mol. The number of nitrogens with zero attached hydrogens (tertiary/aromatic N) is 4. The van der Waals surface area contributed by atoms with Gasteiger partial charge in [-0.1, -0.05) is 18.2 Å². The van der Waals surface area contributed by atoms with E-state index in [9.17, 15) is 13.7 Å². The van der Waals surface area contributed by atoms with Crippen LogP contribution in [0.4, 0.5) is 5.69 Å². The zero-order valence-corrected chi connectivity index (χ0v) is 21.2. The molecule has 2 aromatic carbocycles. The molecule has 0 atom stereocenters. The van der Waals surface area contributed by atoms with Gasteiger partial charge < -0.3 is 19.1 Å². The van der Waals surface area contributed by atoms with Gasteiger partial charge in [-0.3, -0.25) is 0 Å². The SMILES string of the molecule is COCCNS(=O)(=O)/C(C#N)=C/c1ccc(-c2ccc3cc(N4CCN(C)CC4)ccc3c2)n1C. The number of sulfonamides is 1. The van der Waals surface area contributed by atoms with Crippen LogP contribution in [0.15, 0.2) is 53.4 Å². The number of rotatable bonds is 8. The quantitative estimate of drug-likeness (QED) is 0.383. The van der Waals surface area contributed by atoms with Crippen molar-refractivity contribution in [1.82, 2.24) is 14.2 Å². The van der Waals surface area contributed by atoms with E-state index in [1.54, 1.807) is 6.07 Å². The van der Waals surface area contributed by atoms with Crippen LogP contribution in [0.3, 0.4) is 0 Å². The molecule has 0 radical (unpaired) electrons. The van der Waals surface area contributed by atoms with Gasteiger partial charge in [-0.2, -0.15) is 5.26 Å². The van der Waals surface area contributed by atoms with Gasteiger partial charge in [0, 0.05) is 64.0 Å². The minimum atomic E-state index is -3.91. The predicted octanol–water partition coefficient (Wildman–Crippen LogP) is 3.03. The summed E-state index contributed by atoms with van der Waals surface area (Å²) in [6.45, 7) is 4.53. The first-order valence-corrected chi connectivity index (χ1v) is 13.0. The summed E-state index contributed by atoms with van der Waals surface area (Å²) in [6, 6.07) is 18.5. The fraction of sp³-hybridized carbons (Fsp3) is 0.346. The number of hydrogen-bond donors (Lipinski definition) is 1. The molecule has 184 valence electrons. The van der Waals surface area contributed by atoms with Crippen LogP contribution < -0.4 is 9.62 Å². The lowest BCUT2D eigenvalue weighted by Crippen LogP contribution is -2.44. The molecule has 0 spiro atoms. The van der Waals surface area contributed by atoms with Crippen molar-refractivity contribution in [3.63, 3.8) is 0 Å². The van der Waals surface area contributed by atoms with Gasteiger partial charge in [0.1, 0.15) is 6.07 Å². The molecule has 0 bridgehead atoms. The Hall–Kier alpha value is -3.16. The molecule has 1 aliphatic rings. The molecular weight excluding hydrogens is 462 g/mol. The standard InChI is InChI=1S/C26H31N5O3S/c1-29-11-13-31(14-12-29)24-7-6-20-16-22(5-4-21(20)17-24)26-9-8-23(30(26)2)18-25(19-27)35(32,33)28-10-15-34-3/h4-9,16-18,28H,10-15H2,1-3H3/b25-18+. The number of aromatic nitrogens is 1. The minimum Gasteiger partial charge on any atom is -0.383 e. The third-order valence-corrected chi connectivity index (χ3v) is 7.80. The molecule has 4 rings (SSSR count). The fourth-order valence-corrected chi connectivity index (χ4v) is 5.18. The van der Waals surface area contributed by atoms with Gasteiger partial charge in [-0.25, -0.2) is 13.1 Å². The van der Waals surface area contributed by atoms with E-state index in [0.717, 1.165) is 42.8 Å². The summed E-state index contributed by atoms with van der Waals surface area (Å²) in [5.74, 6) is 0. The second kappa shape index (κ2) is 10.6. The summed E-state index contributed by atoms with van der Waals surface area (Å²) >= 11 is 0. The third-order valence-electron chi connectivity index (χ3n) is 6.43. The number of anilines is 1.